The topological polar surface area (TPSA) is 43.5 Å². The summed E-state index contributed by atoms with van der Waals surface area (Å²) in [5.41, 5.74) is 4.22. The van der Waals surface area contributed by atoms with Crippen LogP contribution in [0.1, 0.15) is 11.1 Å². The Bertz CT molecular complexity index is 1070. The van der Waals surface area contributed by atoms with Gasteiger partial charge in [-0.3, -0.25) is 0 Å². The molecule has 3 aromatic carbocycles. The van der Waals surface area contributed by atoms with E-state index in [0.29, 0.717) is 6.61 Å². The molecule has 0 bridgehead atoms. The van der Waals surface area contributed by atoms with Gasteiger partial charge in [-0.05, 0) is 30.2 Å². The van der Waals surface area contributed by atoms with Crippen LogP contribution in [0.5, 0.6) is 17.2 Å². The van der Waals surface area contributed by atoms with Crippen LogP contribution in [-0.2, 0) is 6.61 Å². The minimum atomic E-state index is 0.546. The molecule has 0 saturated heterocycles. The third-order valence-corrected chi connectivity index (χ3v) is 4.63. The molecule has 0 amide bonds. The molecule has 1 aromatic heterocycles. The number of H-pyrrole nitrogens is 1. The summed E-state index contributed by atoms with van der Waals surface area (Å²) in [7, 11) is 3.33. The zero-order valence-corrected chi connectivity index (χ0v) is 15.1. The first-order chi connectivity index (χ1) is 12.7. The van der Waals surface area contributed by atoms with Crippen LogP contribution in [0.25, 0.3) is 21.8 Å². The van der Waals surface area contributed by atoms with E-state index in [-0.39, 0.29) is 0 Å². The normalized spacial score (nSPS) is 11.0. The molecule has 1 heterocycles. The summed E-state index contributed by atoms with van der Waals surface area (Å²) in [5, 5.41) is 2.20. The van der Waals surface area contributed by atoms with E-state index in [4.69, 9.17) is 14.2 Å². The minimum Gasteiger partial charge on any atom is -0.497 e. The summed E-state index contributed by atoms with van der Waals surface area (Å²) >= 11 is 0. The van der Waals surface area contributed by atoms with Crippen molar-refractivity contribution in [3.63, 3.8) is 0 Å². The molecule has 0 saturated carbocycles. The van der Waals surface area contributed by atoms with Gasteiger partial charge >= 0.3 is 0 Å². The first-order valence-corrected chi connectivity index (χ1v) is 8.54. The smallest absolute Gasteiger partial charge is 0.146 e. The molecule has 0 fully saturated rings. The molecule has 0 aliphatic carbocycles. The molecule has 0 spiro atoms. The standard InChI is InChI=1S/C22H21NO3/c1-14-9-17-18-10-16(24-2)11-21(25-3)22(18)23-19(17)12-20(14)26-13-15-7-5-4-6-8-15/h4-12,23H,13H2,1-3H3. The second-order valence-electron chi connectivity index (χ2n) is 6.31. The Hall–Kier alpha value is -3.14. The van der Waals surface area contributed by atoms with Crippen molar-refractivity contribution in [1.29, 1.82) is 0 Å². The number of rotatable bonds is 5. The highest BCUT2D eigenvalue weighted by atomic mass is 16.5. The van der Waals surface area contributed by atoms with Gasteiger partial charge < -0.3 is 19.2 Å². The number of hydrogen-bond donors (Lipinski definition) is 1. The van der Waals surface area contributed by atoms with Crippen LogP contribution in [0.4, 0.5) is 0 Å². The zero-order valence-electron chi connectivity index (χ0n) is 15.1. The lowest BCUT2D eigenvalue weighted by molar-refractivity contribution is 0.304. The number of fused-ring (bicyclic) bond motifs is 3. The fourth-order valence-electron chi connectivity index (χ4n) is 3.25. The van der Waals surface area contributed by atoms with Gasteiger partial charge in [0.1, 0.15) is 23.9 Å². The third kappa shape index (κ3) is 2.84. The third-order valence-electron chi connectivity index (χ3n) is 4.63. The van der Waals surface area contributed by atoms with Gasteiger partial charge in [0.25, 0.3) is 0 Å². The molecule has 4 heteroatoms. The van der Waals surface area contributed by atoms with Gasteiger partial charge in [-0.2, -0.15) is 0 Å². The van der Waals surface area contributed by atoms with E-state index in [1.807, 2.05) is 30.3 Å². The quantitative estimate of drug-likeness (QED) is 0.538. The summed E-state index contributed by atoms with van der Waals surface area (Å²) in [6, 6.07) is 18.3. The van der Waals surface area contributed by atoms with E-state index in [2.05, 4.69) is 36.2 Å². The summed E-state index contributed by atoms with van der Waals surface area (Å²) in [4.78, 5) is 3.45. The number of aryl methyl sites for hydroxylation is 1. The highest BCUT2D eigenvalue weighted by Crippen LogP contribution is 2.37. The molecule has 26 heavy (non-hydrogen) atoms. The number of hydrogen-bond acceptors (Lipinski definition) is 3. The van der Waals surface area contributed by atoms with Gasteiger partial charge in [0, 0.05) is 22.9 Å². The largest absolute Gasteiger partial charge is 0.497 e. The van der Waals surface area contributed by atoms with E-state index in [0.717, 1.165) is 50.2 Å². The first-order valence-electron chi connectivity index (χ1n) is 8.54. The molecule has 4 nitrogen and oxygen atoms in total. The van der Waals surface area contributed by atoms with Crippen molar-refractivity contribution in [3.05, 3.63) is 65.7 Å². The number of aromatic amines is 1. The maximum absolute atomic E-state index is 6.05. The van der Waals surface area contributed by atoms with Gasteiger partial charge in [0.15, 0.2) is 0 Å². The van der Waals surface area contributed by atoms with Crippen LogP contribution in [0.15, 0.2) is 54.6 Å². The minimum absolute atomic E-state index is 0.546. The van der Waals surface area contributed by atoms with Crippen LogP contribution in [-0.4, -0.2) is 19.2 Å². The average Bonchev–Trinajstić information content (AvgIpc) is 3.03. The molecular formula is C22H21NO3. The summed E-state index contributed by atoms with van der Waals surface area (Å²) in [6.45, 7) is 2.61. The van der Waals surface area contributed by atoms with Crippen LogP contribution in [0, 0.1) is 6.92 Å². The highest BCUT2D eigenvalue weighted by molar-refractivity contribution is 6.10. The second-order valence-corrected chi connectivity index (χ2v) is 6.31. The monoisotopic (exact) mass is 347 g/mol. The second kappa shape index (κ2) is 6.64. The summed E-state index contributed by atoms with van der Waals surface area (Å²) < 4.78 is 17.0. The Morgan fingerprint density at radius 1 is 0.846 bits per heavy atom. The first kappa shape index (κ1) is 16.3. The van der Waals surface area contributed by atoms with Crippen molar-refractivity contribution in [1.82, 2.24) is 4.98 Å². The predicted molar refractivity (Wildman–Crippen MR) is 104 cm³/mol. The van der Waals surface area contributed by atoms with Crippen LogP contribution < -0.4 is 14.2 Å². The van der Waals surface area contributed by atoms with Crippen molar-refractivity contribution in [2.75, 3.05) is 14.2 Å². The molecule has 0 radical (unpaired) electrons. The molecule has 0 aliphatic heterocycles. The number of aromatic nitrogens is 1. The van der Waals surface area contributed by atoms with Crippen molar-refractivity contribution in [2.24, 2.45) is 0 Å². The fourth-order valence-corrected chi connectivity index (χ4v) is 3.25. The van der Waals surface area contributed by atoms with Gasteiger partial charge in [-0.1, -0.05) is 30.3 Å². The number of methoxy groups -OCH3 is 2. The van der Waals surface area contributed by atoms with E-state index < -0.39 is 0 Å². The zero-order chi connectivity index (χ0) is 18.1. The van der Waals surface area contributed by atoms with Gasteiger partial charge in [-0.15, -0.1) is 0 Å². The maximum Gasteiger partial charge on any atom is 0.146 e. The Labute approximate surface area is 152 Å². The lowest BCUT2D eigenvalue weighted by Crippen LogP contribution is -1.96. The summed E-state index contributed by atoms with van der Waals surface area (Å²) in [5.74, 6) is 2.41. The Morgan fingerprint density at radius 2 is 1.65 bits per heavy atom. The van der Waals surface area contributed by atoms with Gasteiger partial charge in [-0.25, -0.2) is 0 Å². The van der Waals surface area contributed by atoms with Crippen molar-refractivity contribution >= 4 is 21.8 Å². The predicted octanol–water partition coefficient (Wildman–Crippen LogP) is 5.23. The number of nitrogens with one attached hydrogen (secondary N) is 1. The highest BCUT2D eigenvalue weighted by Gasteiger charge is 2.13. The molecule has 4 aromatic rings. The van der Waals surface area contributed by atoms with Gasteiger partial charge in [0.2, 0.25) is 0 Å². The number of benzene rings is 3. The lowest BCUT2D eigenvalue weighted by atomic mass is 10.1. The fraction of sp³-hybridized carbons (Fsp3) is 0.182. The summed E-state index contributed by atoms with van der Waals surface area (Å²) in [6.07, 6.45) is 0. The Balaban J connectivity index is 1.78. The molecule has 0 unspecified atom stereocenters. The molecule has 4 rings (SSSR count). The van der Waals surface area contributed by atoms with Crippen LogP contribution >= 0.6 is 0 Å². The van der Waals surface area contributed by atoms with Crippen molar-refractivity contribution < 1.29 is 14.2 Å². The Kier molecular flexibility index (Phi) is 4.17. The Morgan fingerprint density at radius 3 is 2.38 bits per heavy atom. The van der Waals surface area contributed by atoms with Crippen molar-refractivity contribution in [2.45, 2.75) is 13.5 Å². The SMILES string of the molecule is COc1cc(OC)c2[nH]c3cc(OCc4ccccc4)c(C)cc3c2c1. The van der Waals surface area contributed by atoms with Gasteiger partial charge in [0.05, 0.1) is 25.3 Å². The lowest BCUT2D eigenvalue weighted by Gasteiger charge is -2.09. The van der Waals surface area contributed by atoms with Crippen LogP contribution in [0.3, 0.4) is 0 Å². The number of ether oxygens (including phenoxy) is 3. The molecule has 1 N–H and O–H groups in total. The van der Waals surface area contributed by atoms with E-state index in [9.17, 15) is 0 Å². The van der Waals surface area contributed by atoms with E-state index >= 15 is 0 Å². The average molecular weight is 347 g/mol. The molecule has 132 valence electrons. The molecular weight excluding hydrogens is 326 g/mol. The van der Waals surface area contributed by atoms with E-state index in [1.54, 1.807) is 14.2 Å². The maximum atomic E-state index is 6.05. The molecule has 0 atom stereocenters. The molecule has 0 aliphatic rings. The van der Waals surface area contributed by atoms with Crippen LogP contribution in [0.2, 0.25) is 0 Å². The van der Waals surface area contributed by atoms with Crippen molar-refractivity contribution in [3.8, 4) is 17.2 Å². The van der Waals surface area contributed by atoms with E-state index in [1.165, 1.54) is 0 Å².